The van der Waals surface area contributed by atoms with Crippen LogP contribution >= 0.6 is 0 Å². The molecule has 22 heavy (non-hydrogen) atoms. The minimum Gasteiger partial charge on any atom is -0.310 e. The lowest BCUT2D eigenvalue weighted by Crippen LogP contribution is -2.29. The van der Waals surface area contributed by atoms with Crippen LogP contribution in [0.4, 0.5) is 0 Å². The van der Waals surface area contributed by atoms with Gasteiger partial charge in [-0.3, -0.25) is 4.79 Å². The Bertz CT molecular complexity index is 744. The molecule has 1 saturated carbocycles. The van der Waals surface area contributed by atoms with Crippen molar-refractivity contribution in [3.63, 3.8) is 0 Å². The molecule has 2 aromatic rings. The average Bonchev–Trinajstić information content (AvgIpc) is 3.31. The maximum Gasteiger partial charge on any atom is 0.271 e. The van der Waals surface area contributed by atoms with Crippen molar-refractivity contribution in [1.29, 1.82) is 0 Å². The smallest absolute Gasteiger partial charge is 0.271 e. The van der Waals surface area contributed by atoms with Gasteiger partial charge < -0.3 is 5.32 Å². The summed E-state index contributed by atoms with van der Waals surface area (Å²) in [6.07, 6.45) is 2.44. The van der Waals surface area contributed by atoms with Crippen LogP contribution in [-0.4, -0.2) is 15.8 Å². The van der Waals surface area contributed by atoms with Gasteiger partial charge in [-0.1, -0.05) is 23.8 Å². The van der Waals surface area contributed by atoms with E-state index < -0.39 is 0 Å². The molecule has 1 heterocycles. The monoisotopic (exact) mass is 297 g/mol. The predicted octanol–water partition coefficient (Wildman–Crippen LogP) is 2.80. The van der Waals surface area contributed by atoms with Gasteiger partial charge in [0.05, 0.1) is 5.69 Å². The molecule has 1 aliphatic carbocycles. The largest absolute Gasteiger partial charge is 0.310 e. The average molecular weight is 297 g/mol. The number of nitrogens with zero attached hydrogens (tertiary/aromatic N) is 2. The van der Waals surface area contributed by atoms with E-state index in [-0.39, 0.29) is 5.56 Å². The summed E-state index contributed by atoms with van der Waals surface area (Å²) in [6, 6.07) is 8.87. The predicted molar refractivity (Wildman–Crippen MR) is 88.9 cm³/mol. The minimum absolute atomic E-state index is 0.0177. The van der Waals surface area contributed by atoms with Crippen LogP contribution in [0.3, 0.4) is 0 Å². The molecule has 1 fully saturated rings. The highest BCUT2D eigenvalue weighted by molar-refractivity contribution is 5.64. The lowest BCUT2D eigenvalue weighted by Gasteiger charge is -2.12. The summed E-state index contributed by atoms with van der Waals surface area (Å²) in [7, 11) is 0. The molecule has 3 rings (SSSR count). The van der Waals surface area contributed by atoms with Crippen molar-refractivity contribution in [2.45, 2.75) is 52.7 Å². The van der Waals surface area contributed by atoms with E-state index in [0.29, 0.717) is 19.1 Å². The molecule has 0 bridgehead atoms. The fourth-order valence-electron chi connectivity index (χ4n) is 2.71. The van der Waals surface area contributed by atoms with Crippen molar-refractivity contribution in [2.75, 3.05) is 0 Å². The van der Waals surface area contributed by atoms with Crippen molar-refractivity contribution in [2.24, 2.45) is 0 Å². The summed E-state index contributed by atoms with van der Waals surface area (Å²) in [5, 5.41) is 7.96. The van der Waals surface area contributed by atoms with Crippen molar-refractivity contribution in [3.8, 4) is 11.3 Å². The second-order valence-corrected chi connectivity index (χ2v) is 6.15. The second kappa shape index (κ2) is 6.05. The molecule has 1 aromatic carbocycles. The SMILES string of the molecule is CCn1nc(-c2ccc(C)cc2C)cc(CNC2CC2)c1=O. The lowest BCUT2D eigenvalue weighted by atomic mass is 10.0. The Morgan fingerprint density at radius 1 is 1.27 bits per heavy atom. The van der Waals surface area contributed by atoms with Crippen LogP contribution in [0.25, 0.3) is 11.3 Å². The van der Waals surface area contributed by atoms with Gasteiger partial charge in [0.2, 0.25) is 0 Å². The molecule has 116 valence electrons. The summed E-state index contributed by atoms with van der Waals surface area (Å²) in [6.45, 7) is 7.35. The summed E-state index contributed by atoms with van der Waals surface area (Å²) < 4.78 is 1.57. The van der Waals surface area contributed by atoms with Gasteiger partial charge in [0.15, 0.2) is 0 Å². The number of hydrogen-bond acceptors (Lipinski definition) is 3. The van der Waals surface area contributed by atoms with E-state index in [0.717, 1.165) is 16.8 Å². The molecule has 1 aromatic heterocycles. The molecule has 1 N–H and O–H groups in total. The number of aromatic nitrogens is 2. The van der Waals surface area contributed by atoms with E-state index in [2.05, 4.69) is 42.5 Å². The normalized spacial score (nSPS) is 14.3. The van der Waals surface area contributed by atoms with Gasteiger partial charge in [0, 0.05) is 30.3 Å². The first-order chi connectivity index (χ1) is 10.6. The van der Waals surface area contributed by atoms with Gasteiger partial charge in [0.1, 0.15) is 0 Å². The van der Waals surface area contributed by atoms with Gasteiger partial charge >= 0.3 is 0 Å². The third-order valence-corrected chi connectivity index (χ3v) is 4.16. The number of hydrogen-bond donors (Lipinski definition) is 1. The van der Waals surface area contributed by atoms with Crippen LogP contribution in [0, 0.1) is 13.8 Å². The molecular formula is C18H23N3O. The Hall–Kier alpha value is -1.94. The molecule has 1 aliphatic rings. The molecule has 0 saturated heterocycles. The van der Waals surface area contributed by atoms with Crippen LogP contribution < -0.4 is 10.9 Å². The van der Waals surface area contributed by atoms with Crippen LogP contribution in [0.1, 0.15) is 36.5 Å². The molecule has 0 amide bonds. The van der Waals surface area contributed by atoms with Gasteiger partial charge in [-0.05, 0) is 45.2 Å². The Morgan fingerprint density at radius 2 is 2.05 bits per heavy atom. The highest BCUT2D eigenvalue weighted by Gasteiger charge is 2.21. The van der Waals surface area contributed by atoms with Crippen molar-refractivity contribution in [3.05, 3.63) is 51.3 Å². The zero-order valence-electron chi connectivity index (χ0n) is 13.5. The zero-order valence-corrected chi connectivity index (χ0v) is 13.5. The maximum absolute atomic E-state index is 12.4. The first-order valence-electron chi connectivity index (χ1n) is 8.00. The van der Waals surface area contributed by atoms with E-state index in [1.165, 1.54) is 24.0 Å². The highest BCUT2D eigenvalue weighted by atomic mass is 16.1. The quantitative estimate of drug-likeness (QED) is 0.923. The third kappa shape index (κ3) is 3.12. The van der Waals surface area contributed by atoms with E-state index in [9.17, 15) is 4.79 Å². The van der Waals surface area contributed by atoms with Crippen LogP contribution in [0.5, 0.6) is 0 Å². The summed E-state index contributed by atoms with van der Waals surface area (Å²) in [5.41, 5.74) is 5.23. The highest BCUT2D eigenvalue weighted by Crippen LogP contribution is 2.23. The fourth-order valence-corrected chi connectivity index (χ4v) is 2.71. The van der Waals surface area contributed by atoms with Gasteiger partial charge in [0.25, 0.3) is 5.56 Å². The molecular weight excluding hydrogens is 274 g/mol. The lowest BCUT2D eigenvalue weighted by molar-refractivity contribution is 0.596. The van der Waals surface area contributed by atoms with E-state index in [4.69, 9.17) is 0 Å². The number of nitrogens with one attached hydrogen (secondary N) is 1. The maximum atomic E-state index is 12.4. The van der Waals surface area contributed by atoms with Gasteiger partial charge in [-0.15, -0.1) is 0 Å². The van der Waals surface area contributed by atoms with Gasteiger partial charge in [-0.2, -0.15) is 5.10 Å². The van der Waals surface area contributed by atoms with Crippen molar-refractivity contribution >= 4 is 0 Å². The van der Waals surface area contributed by atoms with E-state index in [1.54, 1.807) is 4.68 Å². The first kappa shape index (κ1) is 15.0. The summed E-state index contributed by atoms with van der Waals surface area (Å²) >= 11 is 0. The molecule has 0 unspecified atom stereocenters. The van der Waals surface area contributed by atoms with Crippen molar-refractivity contribution < 1.29 is 0 Å². The summed E-state index contributed by atoms with van der Waals surface area (Å²) in [4.78, 5) is 12.4. The third-order valence-electron chi connectivity index (χ3n) is 4.16. The fraction of sp³-hybridized carbons (Fsp3) is 0.444. The Morgan fingerprint density at radius 3 is 2.68 bits per heavy atom. The van der Waals surface area contributed by atoms with Crippen molar-refractivity contribution in [1.82, 2.24) is 15.1 Å². The number of benzene rings is 1. The molecule has 0 radical (unpaired) electrons. The van der Waals surface area contributed by atoms with Crippen LogP contribution in [0.2, 0.25) is 0 Å². The van der Waals surface area contributed by atoms with E-state index >= 15 is 0 Å². The molecule has 4 nitrogen and oxygen atoms in total. The van der Waals surface area contributed by atoms with Gasteiger partial charge in [-0.25, -0.2) is 4.68 Å². The Balaban J connectivity index is 2.02. The number of rotatable bonds is 5. The topological polar surface area (TPSA) is 46.9 Å². The minimum atomic E-state index is 0.0177. The standard InChI is InChI=1S/C18H23N3O/c1-4-21-18(22)14(11-19-15-6-7-15)10-17(20-21)16-8-5-12(2)9-13(16)3/h5,8-10,15,19H,4,6-7,11H2,1-3H3. The Kier molecular flexibility index (Phi) is 4.12. The van der Waals surface area contributed by atoms with E-state index in [1.807, 2.05) is 13.0 Å². The van der Waals surface area contributed by atoms with Crippen LogP contribution in [-0.2, 0) is 13.1 Å². The molecule has 0 aliphatic heterocycles. The summed E-state index contributed by atoms with van der Waals surface area (Å²) in [5.74, 6) is 0. The molecule has 0 spiro atoms. The zero-order chi connectivity index (χ0) is 15.7. The van der Waals surface area contributed by atoms with Crippen LogP contribution in [0.15, 0.2) is 29.1 Å². The Labute approximate surface area is 131 Å². The number of aryl methyl sites for hydroxylation is 3. The molecule has 4 heteroatoms. The second-order valence-electron chi connectivity index (χ2n) is 6.15. The molecule has 0 atom stereocenters. The first-order valence-corrected chi connectivity index (χ1v) is 8.00.